The molecule has 11 heteroatoms. The Morgan fingerprint density at radius 2 is 2.02 bits per heavy atom. The number of anilines is 1. The van der Waals surface area contributed by atoms with Crippen LogP contribution < -0.4 is 21.3 Å². The Labute approximate surface area is 237 Å². The van der Waals surface area contributed by atoms with Gasteiger partial charge >= 0.3 is 6.18 Å². The molecule has 2 aromatic rings. The third-order valence-electron chi connectivity index (χ3n) is 7.59. The first-order valence-corrected chi connectivity index (χ1v) is 13.4. The van der Waals surface area contributed by atoms with Crippen LogP contribution in [0.15, 0.2) is 41.4 Å². The molecule has 0 aromatic heterocycles. The zero-order chi connectivity index (χ0) is 29.8. The molecule has 2 amide bonds. The quantitative estimate of drug-likeness (QED) is 0.150. The molecule has 0 radical (unpaired) electrons. The van der Waals surface area contributed by atoms with E-state index in [9.17, 15) is 22.8 Å². The number of alkyl halides is 3. The lowest BCUT2D eigenvalue weighted by Crippen LogP contribution is -2.50. The van der Waals surface area contributed by atoms with Crippen LogP contribution in [0.5, 0.6) is 0 Å². The predicted molar refractivity (Wildman–Crippen MR) is 152 cm³/mol. The topological polar surface area (TPSA) is 124 Å². The standard InChI is InChI=1S/C30H33F3N6O2/c1-3-6-26(40)37-10-5-9-36-16-20-11-23-24(25(12-20)30(31,32)33)17-39(27(23)41)22-8-4-7-21(13-22)29(14-19(2)15-29)28(35)38-18-34/h4,7-8,11-13,18-19,36H,5,9-10,14-17H2,1-2H3,(H,37,40)(H3,34,35,38). The summed E-state index contributed by atoms with van der Waals surface area (Å²) in [5, 5.41) is 13.0. The molecular formula is C30H33F3N6O2. The van der Waals surface area contributed by atoms with Gasteiger partial charge in [0, 0.05) is 24.3 Å². The highest BCUT2D eigenvalue weighted by atomic mass is 19.4. The third-order valence-corrected chi connectivity index (χ3v) is 7.59. The van der Waals surface area contributed by atoms with Gasteiger partial charge in [-0.05, 0) is 85.5 Å². The predicted octanol–water partition coefficient (Wildman–Crippen LogP) is 4.12. The molecule has 5 N–H and O–H groups in total. The van der Waals surface area contributed by atoms with E-state index in [4.69, 9.17) is 11.1 Å². The van der Waals surface area contributed by atoms with Crippen molar-refractivity contribution in [3.05, 3.63) is 64.2 Å². The molecule has 2 aromatic carbocycles. The number of nitrogens with two attached hydrogens (primary N) is 1. The lowest BCUT2D eigenvalue weighted by molar-refractivity contribution is -0.138. The maximum Gasteiger partial charge on any atom is 0.416 e. The molecule has 4 rings (SSSR count). The molecule has 0 atom stereocenters. The first kappa shape index (κ1) is 29.8. The van der Waals surface area contributed by atoms with Gasteiger partial charge < -0.3 is 21.3 Å². The van der Waals surface area contributed by atoms with Crippen molar-refractivity contribution in [2.24, 2.45) is 16.6 Å². The second kappa shape index (κ2) is 12.1. The van der Waals surface area contributed by atoms with Crippen molar-refractivity contribution in [1.29, 1.82) is 5.41 Å². The highest BCUT2D eigenvalue weighted by Crippen LogP contribution is 2.49. The van der Waals surface area contributed by atoms with E-state index in [0.717, 1.165) is 30.8 Å². The van der Waals surface area contributed by atoms with E-state index in [1.54, 1.807) is 25.1 Å². The zero-order valence-electron chi connectivity index (χ0n) is 23.0. The fourth-order valence-electron chi connectivity index (χ4n) is 5.72. The zero-order valence-corrected chi connectivity index (χ0v) is 23.0. The Bertz CT molecular complexity index is 1430. The molecule has 41 heavy (non-hydrogen) atoms. The Hall–Kier alpha value is -4.17. The van der Waals surface area contributed by atoms with Crippen LogP contribution in [-0.4, -0.2) is 37.1 Å². The number of rotatable bonds is 10. The average molecular weight is 567 g/mol. The number of carbonyl (C=O) groups excluding carboxylic acids is 2. The Morgan fingerprint density at radius 3 is 2.68 bits per heavy atom. The summed E-state index contributed by atoms with van der Waals surface area (Å²) in [4.78, 5) is 30.3. The number of carbonyl (C=O) groups is 2. The van der Waals surface area contributed by atoms with Crippen LogP contribution >= 0.6 is 0 Å². The van der Waals surface area contributed by atoms with Crippen molar-refractivity contribution in [2.75, 3.05) is 18.0 Å². The molecular weight excluding hydrogens is 533 g/mol. The molecule has 1 fully saturated rings. The fraction of sp³-hybridized carbons (Fsp3) is 0.400. The van der Waals surface area contributed by atoms with Crippen LogP contribution in [0.3, 0.4) is 0 Å². The summed E-state index contributed by atoms with van der Waals surface area (Å²) in [5.41, 5.74) is 6.48. The van der Waals surface area contributed by atoms with E-state index in [2.05, 4.69) is 34.4 Å². The van der Waals surface area contributed by atoms with E-state index >= 15 is 0 Å². The maximum atomic E-state index is 14.1. The molecule has 1 aliphatic heterocycles. The number of amidine groups is 1. The van der Waals surface area contributed by atoms with E-state index in [-0.39, 0.29) is 30.1 Å². The van der Waals surface area contributed by atoms with E-state index in [1.807, 2.05) is 6.07 Å². The van der Waals surface area contributed by atoms with Crippen LogP contribution in [0.4, 0.5) is 18.9 Å². The van der Waals surface area contributed by atoms with Gasteiger partial charge in [-0.15, -0.1) is 0 Å². The second-order valence-electron chi connectivity index (χ2n) is 10.5. The largest absolute Gasteiger partial charge is 0.416 e. The first-order valence-electron chi connectivity index (χ1n) is 13.4. The number of halogens is 3. The molecule has 0 unspecified atom stereocenters. The Kier molecular flexibility index (Phi) is 8.83. The van der Waals surface area contributed by atoms with Crippen LogP contribution in [0.25, 0.3) is 0 Å². The van der Waals surface area contributed by atoms with Gasteiger partial charge in [-0.2, -0.15) is 13.2 Å². The number of fused-ring (bicyclic) bond motifs is 1. The number of hydrogen-bond donors (Lipinski definition) is 4. The molecule has 1 aliphatic carbocycles. The van der Waals surface area contributed by atoms with Crippen LogP contribution in [0.1, 0.15) is 65.7 Å². The van der Waals surface area contributed by atoms with Crippen molar-refractivity contribution in [3.8, 4) is 11.8 Å². The van der Waals surface area contributed by atoms with Gasteiger partial charge in [0.05, 0.1) is 17.5 Å². The molecule has 2 aliphatic rings. The van der Waals surface area contributed by atoms with Crippen LogP contribution in [-0.2, 0) is 29.5 Å². The van der Waals surface area contributed by atoms with Crippen molar-refractivity contribution in [1.82, 2.24) is 10.6 Å². The number of aliphatic imine (C=N–C) groups is 1. The minimum absolute atomic E-state index is 0.0318. The summed E-state index contributed by atoms with van der Waals surface area (Å²) in [6, 6.07) is 9.75. The Morgan fingerprint density at radius 1 is 1.27 bits per heavy atom. The lowest BCUT2D eigenvalue weighted by Gasteiger charge is -2.46. The fourth-order valence-corrected chi connectivity index (χ4v) is 5.72. The van der Waals surface area contributed by atoms with Crippen molar-refractivity contribution >= 4 is 29.7 Å². The molecule has 0 bridgehead atoms. The van der Waals surface area contributed by atoms with Gasteiger partial charge in [0.2, 0.25) is 0 Å². The minimum atomic E-state index is -4.63. The molecule has 1 heterocycles. The second-order valence-corrected chi connectivity index (χ2v) is 10.5. The maximum absolute atomic E-state index is 14.1. The number of benzene rings is 2. The van der Waals surface area contributed by atoms with Crippen molar-refractivity contribution in [3.63, 3.8) is 0 Å². The third kappa shape index (κ3) is 6.28. The van der Waals surface area contributed by atoms with Gasteiger partial charge in [-0.3, -0.25) is 15.0 Å². The number of nitrogens with zero attached hydrogens (tertiary/aromatic N) is 2. The van der Waals surface area contributed by atoms with Gasteiger partial charge in [-0.25, -0.2) is 4.99 Å². The average Bonchev–Trinajstić information content (AvgIpc) is 3.24. The molecule has 8 nitrogen and oxygen atoms in total. The normalized spacial score (nSPS) is 20.1. The van der Waals surface area contributed by atoms with Crippen LogP contribution in [0.2, 0.25) is 0 Å². The van der Waals surface area contributed by atoms with Crippen molar-refractivity contribution < 1.29 is 22.8 Å². The Balaban J connectivity index is 1.54. The molecule has 1 saturated carbocycles. The van der Waals surface area contributed by atoms with Gasteiger partial charge in [0.25, 0.3) is 11.8 Å². The highest BCUT2D eigenvalue weighted by molar-refractivity contribution is 6.10. The van der Waals surface area contributed by atoms with Gasteiger partial charge in [-0.1, -0.05) is 25.0 Å². The van der Waals surface area contributed by atoms with E-state index < -0.39 is 23.1 Å². The summed E-state index contributed by atoms with van der Waals surface area (Å²) in [7, 11) is 0. The molecule has 0 saturated heterocycles. The first-order chi connectivity index (χ1) is 19.5. The summed E-state index contributed by atoms with van der Waals surface area (Å²) >= 11 is 0. The smallest absolute Gasteiger partial charge is 0.386 e. The lowest BCUT2D eigenvalue weighted by atomic mass is 9.58. The van der Waals surface area contributed by atoms with Gasteiger partial charge in [0.1, 0.15) is 12.2 Å². The summed E-state index contributed by atoms with van der Waals surface area (Å²) in [6.45, 7) is 4.42. The van der Waals surface area contributed by atoms with Gasteiger partial charge in [0.15, 0.2) is 0 Å². The summed E-state index contributed by atoms with van der Waals surface area (Å²) < 4.78 is 42.4. The summed E-state index contributed by atoms with van der Waals surface area (Å²) in [6.07, 6.45) is -1.72. The monoisotopic (exact) mass is 566 g/mol. The summed E-state index contributed by atoms with van der Waals surface area (Å²) in [5.74, 6) is 4.70. The molecule has 216 valence electrons. The number of nitrogens with one attached hydrogen (secondary N) is 3. The minimum Gasteiger partial charge on any atom is -0.386 e. The van der Waals surface area contributed by atoms with E-state index in [1.165, 1.54) is 11.0 Å². The van der Waals surface area contributed by atoms with Crippen molar-refractivity contribution in [2.45, 2.75) is 57.8 Å². The van der Waals surface area contributed by atoms with Crippen LogP contribution in [0, 0.1) is 23.2 Å². The van der Waals surface area contributed by atoms with E-state index in [0.29, 0.717) is 42.5 Å². The molecule has 0 spiro atoms. The highest BCUT2D eigenvalue weighted by Gasteiger charge is 2.47. The number of amides is 2. The SMILES string of the molecule is CC#CC(=O)NCCCNCc1cc2c(c(C(F)(F)F)c1)CN(c1cccc(C3(C(N)=NC=N)CC(C)C3)c1)C2=O. The number of hydrogen-bond acceptors (Lipinski definition) is 4.